The Hall–Kier alpha value is -1.50. The summed E-state index contributed by atoms with van der Waals surface area (Å²) < 4.78 is 6.00. The Morgan fingerprint density at radius 3 is 3.04 bits per heavy atom. The first-order valence-corrected chi connectivity index (χ1v) is 8.02. The minimum Gasteiger partial charge on any atom is -0.493 e. The summed E-state index contributed by atoms with van der Waals surface area (Å²) in [4.78, 5) is 14.4. The Bertz CT molecular complexity index is 610. The molecule has 3 aliphatic heterocycles. The van der Waals surface area contributed by atoms with E-state index in [1.165, 1.54) is 0 Å². The van der Waals surface area contributed by atoms with Crippen molar-refractivity contribution in [3.63, 3.8) is 0 Å². The van der Waals surface area contributed by atoms with Gasteiger partial charge in [-0.15, -0.1) is 12.4 Å². The van der Waals surface area contributed by atoms with E-state index in [2.05, 4.69) is 26.9 Å². The van der Waals surface area contributed by atoms with E-state index in [4.69, 9.17) is 4.74 Å². The Balaban J connectivity index is 0.00000156. The van der Waals surface area contributed by atoms with Crippen LogP contribution < -0.4 is 20.7 Å². The molecule has 0 aliphatic carbocycles. The third kappa shape index (κ3) is 3.11. The summed E-state index contributed by atoms with van der Waals surface area (Å²) in [5.41, 5.74) is 2.96. The van der Waals surface area contributed by atoms with E-state index in [-0.39, 0.29) is 24.4 Å². The number of hydrogen-bond donors (Lipinski definition) is 3. The van der Waals surface area contributed by atoms with Crippen LogP contribution in [-0.2, 0) is 11.3 Å². The molecule has 126 valence electrons. The molecule has 3 N–H and O–H groups in total. The molecule has 1 aromatic rings. The molecule has 0 bridgehead atoms. The largest absolute Gasteiger partial charge is 0.493 e. The SMILES string of the molecule is CC1Nc2cc3c(cc2NC1=O)CN1CCNC[C@H]1CCO3.Cl. The second kappa shape index (κ2) is 6.55. The van der Waals surface area contributed by atoms with Gasteiger partial charge in [0.05, 0.1) is 18.0 Å². The van der Waals surface area contributed by atoms with E-state index in [1.807, 2.05) is 13.0 Å². The average molecular weight is 339 g/mol. The molecule has 0 aromatic heterocycles. The summed E-state index contributed by atoms with van der Waals surface area (Å²) in [5.74, 6) is 0.950. The maximum atomic E-state index is 11.9. The van der Waals surface area contributed by atoms with Crippen molar-refractivity contribution in [2.75, 3.05) is 36.9 Å². The number of benzene rings is 1. The van der Waals surface area contributed by atoms with Crippen molar-refractivity contribution in [1.29, 1.82) is 0 Å². The molecule has 7 heteroatoms. The van der Waals surface area contributed by atoms with Crippen molar-refractivity contribution in [1.82, 2.24) is 10.2 Å². The summed E-state index contributed by atoms with van der Waals surface area (Å²) in [5, 5.41) is 9.67. The molecule has 0 radical (unpaired) electrons. The van der Waals surface area contributed by atoms with Crippen LogP contribution >= 0.6 is 12.4 Å². The first-order chi connectivity index (χ1) is 10.7. The van der Waals surface area contributed by atoms with Crippen LogP contribution in [0.5, 0.6) is 5.75 Å². The molecule has 6 nitrogen and oxygen atoms in total. The minimum atomic E-state index is -0.211. The van der Waals surface area contributed by atoms with Crippen LogP contribution in [0.2, 0.25) is 0 Å². The summed E-state index contributed by atoms with van der Waals surface area (Å²) >= 11 is 0. The van der Waals surface area contributed by atoms with E-state index >= 15 is 0 Å². The van der Waals surface area contributed by atoms with E-state index < -0.39 is 0 Å². The molecule has 1 aromatic carbocycles. The fourth-order valence-corrected chi connectivity index (χ4v) is 3.46. The highest BCUT2D eigenvalue weighted by Crippen LogP contribution is 2.36. The van der Waals surface area contributed by atoms with Crippen molar-refractivity contribution in [2.45, 2.75) is 32.0 Å². The molecule has 2 atom stereocenters. The fourth-order valence-electron chi connectivity index (χ4n) is 3.46. The van der Waals surface area contributed by atoms with E-state index in [0.717, 1.165) is 61.9 Å². The van der Waals surface area contributed by atoms with Gasteiger partial charge in [-0.2, -0.15) is 0 Å². The number of halogens is 1. The second-order valence-electron chi connectivity index (χ2n) is 6.33. The lowest BCUT2D eigenvalue weighted by atomic mass is 10.0. The molecule has 23 heavy (non-hydrogen) atoms. The van der Waals surface area contributed by atoms with Gasteiger partial charge in [0, 0.05) is 43.9 Å². The molecule has 1 amide bonds. The summed E-state index contributed by atoms with van der Waals surface area (Å²) in [6, 6.07) is 4.41. The minimum absolute atomic E-state index is 0. The number of amides is 1. The fraction of sp³-hybridized carbons (Fsp3) is 0.562. The smallest absolute Gasteiger partial charge is 0.246 e. The van der Waals surface area contributed by atoms with Gasteiger partial charge in [0.2, 0.25) is 5.91 Å². The predicted molar refractivity (Wildman–Crippen MR) is 92.6 cm³/mol. The third-order valence-corrected chi connectivity index (χ3v) is 4.78. The van der Waals surface area contributed by atoms with Gasteiger partial charge in [0.25, 0.3) is 0 Å². The number of carbonyl (C=O) groups excluding carboxylic acids is 1. The zero-order valence-corrected chi connectivity index (χ0v) is 14.0. The maximum absolute atomic E-state index is 11.9. The highest BCUT2D eigenvalue weighted by atomic mass is 35.5. The van der Waals surface area contributed by atoms with Gasteiger partial charge in [-0.05, 0) is 19.4 Å². The average Bonchev–Trinajstić information content (AvgIpc) is 2.49. The van der Waals surface area contributed by atoms with E-state index in [1.54, 1.807) is 0 Å². The molecule has 1 unspecified atom stereocenters. The number of piperazine rings is 1. The van der Waals surface area contributed by atoms with Crippen molar-refractivity contribution in [3.05, 3.63) is 17.7 Å². The van der Waals surface area contributed by atoms with Gasteiger partial charge in [-0.25, -0.2) is 0 Å². The Morgan fingerprint density at radius 1 is 1.30 bits per heavy atom. The molecule has 1 saturated heterocycles. The van der Waals surface area contributed by atoms with Crippen LogP contribution in [0.15, 0.2) is 12.1 Å². The number of hydrogen-bond acceptors (Lipinski definition) is 5. The second-order valence-corrected chi connectivity index (χ2v) is 6.33. The highest BCUT2D eigenvalue weighted by Gasteiger charge is 2.28. The van der Waals surface area contributed by atoms with E-state index in [9.17, 15) is 4.79 Å². The number of ether oxygens (including phenoxy) is 1. The van der Waals surface area contributed by atoms with Gasteiger partial charge in [-0.1, -0.05) is 0 Å². The molecule has 1 fully saturated rings. The topological polar surface area (TPSA) is 65.6 Å². The summed E-state index contributed by atoms with van der Waals surface area (Å²) in [6.45, 7) is 6.59. The zero-order valence-electron chi connectivity index (χ0n) is 13.2. The van der Waals surface area contributed by atoms with Gasteiger partial charge >= 0.3 is 0 Å². The first kappa shape index (κ1) is 16.4. The van der Waals surface area contributed by atoms with Crippen LogP contribution in [0.25, 0.3) is 0 Å². The Morgan fingerprint density at radius 2 is 2.17 bits per heavy atom. The number of nitrogens with zero attached hydrogens (tertiary/aromatic N) is 1. The molecule has 0 saturated carbocycles. The molecule has 3 aliphatic rings. The van der Waals surface area contributed by atoms with Crippen molar-refractivity contribution in [3.8, 4) is 5.75 Å². The Kier molecular flexibility index (Phi) is 4.66. The normalized spacial score (nSPS) is 26.7. The molecule has 0 spiro atoms. The first-order valence-electron chi connectivity index (χ1n) is 8.02. The van der Waals surface area contributed by atoms with Crippen molar-refractivity contribution >= 4 is 29.7 Å². The molecular weight excluding hydrogens is 316 g/mol. The van der Waals surface area contributed by atoms with Gasteiger partial charge in [0.15, 0.2) is 0 Å². The standard InChI is InChI=1S/C16H22N4O2.ClH/c1-10-16(21)19-13-6-11-9-20-4-3-17-8-12(20)2-5-22-15(11)7-14(13)18-10;/h6-7,10,12,17-18H,2-5,8-9H2,1H3,(H,19,21);1H/t10?,12-;/m1./s1. The molecular formula is C16H23ClN4O2. The predicted octanol–water partition coefficient (Wildman–Crippen LogP) is 1.42. The zero-order chi connectivity index (χ0) is 15.1. The maximum Gasteiger partial charge on any atom is 0.246 e. The monoisotopic (exact) mass is 338 g/mol. The summed E-state index contributed by atoms with van der Waals surface area (Å²) in [7, 11) is 0. The van der Waals surface area contributed by atoms with Crippen LogP contribution in [0.4, 0.5) is 11.4 Å². The number of anilines is 2. The molecule has 4 rings (SSSR count). The van der Waals surface area contributed by atoms with Gasteiger partial charge < -0.3 is 20.7 Å². The van der Waals surface area contributed by atoms with Crippen LogP contribution in [0.3, 0.4) is 0 Å². The lowest BCUT2D eigenvalue weighted by molar-refractivity contribution is -0.116. The summed E-state index contributed by atoms with van der Waals surface area (Å²) in [6.07, 6.45) is 1.05. The van der Waals surface area contributed by atoms with Crippen molar-refractivity contribution < 1.29 is 9.53 Å². The van der Waals surface area contributed by atoms with Crippen LogP contribution in [0.1, 0.15) is 18.9 Å². The van der Waals surface area contributed by atoms with Crippen molar-refractivity contribution in [2.24, 2.45) is 0 Å². The van der Waals surface area contributed by atoms with Crippen LogP contribution in [-0.4, -0.2) is 49.1 Å². The lowest BCUT2D eigenvalue weighted by Gasteiger charge is -2.38. The quantitative estimate of drug-likeness (QED) is 0.667. The number of fused-ring (bicyclic) bond motifs is 3. The Labute approximate surface area is 142 Å². The number of carbonyl (C=O) groups is 1. The van der Waals surface area contributed by atoms with Gasteiger partial charge in [0.1, 0.15) is 11.8 Å². The lowest BCUT2D eigenvalue weighted by Crippen LogP contribution is -2.51. The van der Waals surface area contributed by atoms with Crippen LogP contribution in [0, 0.1) is 0 Å². The third-order valence-electron chi connectivity index (χ3n) is 4.78. The van der Waals surface area contributed by atoms with E-state index in [0.29, 0.717) is 6.04 Å². The number of rotatable bonds is 0. The molecule has 3 heterocycles. The highest BCUT2D eigenvalue weighted by molar-refractivity contribution is 6.03. The number of nitrogens with one attached hydrogen (secondary N) is 3. The van der Waals surface area contributed by atoms with Gasteiger partial charge in [-0.3, -0.25) is 9.69 Å².